The van der Waals surface area contributed by atoms with E-state index in [-0.39, 0.29) is 23.1 Å². The van der Waals surface area contributed by atoms with Crippen LogP contribution < -0.4 is 0 Å². The highest BCUT2D eigenvalue weighted by Crippen LogP contribution is 2.17. The second-order valence-electron chi connectivity index (χ2n) is 5.90. The molecule has 0 radical (unpaired) electrons. The van der Waals surface area contributed by atoms with Gasteiger partial charge in [-0.15, -0.1) is 0 Å². The van der Waals surface area contributed by atoms with Gasteiger partial charge in [-0.1, -0.05) is 23.7 Å². The lowest BCUT2D eigenvalue weighted by Crippen LogP contribution is -2.27. The van der Waals surface area contributed by atoms with Crippen molar-refractivity contribution in [3.63, 3.8) is 0 Å². The molecule has 1 heterocycles. The van der Waals surface area contributed by atoms with Crippen LogP contribution in [0.4, 0.5) is 4.39 Å². The number of amides is 1. The number of carbonyl (C=O) groups excluding carboxylic acids is 2. The Morgan fingerprint density at radius 2 is 1.76 bits per heavy atom. The first-order chi connectivity index (χ1) is 12.0. The average Bonchev–Trinajstić information content (AvgIpc) is 3.16. The Morgan fingerprint density at radius 1 is 1.08 bits per heavy atom. The zero-order chi connectivity index (χ0) is 17.8. The van der Waals surface area contributed by atoms with E-state index in [1.165, 1.54) is 12.1 Å². The fourth-order valence-electron chi connectivity index (χ4n) is 2.73. The molecule has 1 amide bonds. The first-order valence-corrected chi connectivity index (χ1v) is 8.43. The molecule has 0 spiro atoms. The number of rotatable bonds is 4. The number of benzene rings is 2. The second kappa shape index (κ2) is 7.66. The fraction of sp³-hybridized carbons (Fsp3) is 0.263. The Morgan fingerprint density at radius 3 is 2.44 bits per heavy atom. The normalized spacial score (nSPS) is 13.8. The first kappa shape index (κ1) is 17.4. The molecule has 1 fully saturated rings. The van der Waals surface area contributed by atoms with Gasteiger partial charge in [0.1, 0.15) is 12.4 Å². The molecule has 1 aliphatic heterocycles. The molecule has 2 aromatic carbocycles. The van der Waals surface area contributed by atoms with Gasteiger partial charge in [0.05, 0.1) is 5.56 Å². The molecule has 1 aliphatic rings. The summed E-state index contributed by atoms with van der Waals surface area (Å²) in [6, 6.07) is 10.6. The van der Waals surface area contributed by atoms with Gasteiger partial charge in [-0.25, -0.2) is 9.18 Å². The molecule has 3 rings (SSSR count). The molecule has 0 N–H and O–H groups in total. The van der Waals surface area contributed by atoms with Crippen molar-refractivity contribution < 1.29 is 18.7 Å². The highest BCUT2D eigenvalue weighted by atomic mass is 35.5. The Hall–Kier alpha value is -2.40. The highest BCUT2D eigenvalue weighted by molar-refractivity contribution is 6.30. The maximum Gasteiger partial charge on any atom is 0.341 e. The van der Waals surface area contributed by atoms with Crippen LogP contribution in [0.1, 0.15) is 39.1 Å². The van der Waals surface area contributed by atoms with Crippen LogP contribution in [0.3, 0.4) is 0 Å². The molecule has 6 heteroatoms. The minimum atomic E-state index is -0.780. The lowest BCUT2D eigenvalue weighted by atomic mass is 10.1. The van der Waals surface area contributed by atoms with E-state index >= 15 is 0 Å². The van der Waals surface area contributed by atoms with E-state index in [9.17, 15) is 14.0 Å². The summed E-state index contributed by atoms with van der Waals surface area (Å²) in [5.74, 6) is -1.44. The second-order valence-corrected chi connectivity index (χ2v) is 6.33. The van der Waals surface area contributed by atoms with Gasteiger partial charge in [0, 0.05) is 23.7 Å². The van der Waals surface area contributed by atoms with Crippen LogP contribution in [0.5, 0.6) is 0 Å². The Balaban J connectivity index is 1.61. The van der Waals surface area contributed by atoms with E-state index in [1.54, 1.807) is 24.3 Å². The van der Waals surface area contributed by atoms with Crippen LogP contribution in [0.2, 0.25) is 5.02 Å². The van der Waals surface area contributed by atoms with Gasteiger partial charge in [0.25, 0.3) is 5.91 Å². The standard InChI is InChI=1S/C19H17ClFNO3/c20-15-7-8-17(21)16(11-15)19(24)25-12-13-3-5-14(6-4-13)18(23)22-9-1-2-10-22/h3-8,11H,1-2,9-10,12H2. The monoisotopic (exact) mass is 361 g/mol. The first-order valence-electron chi connectivity index (χ1n) is 8.05. The van der Waals surface area contributed by atoms with E-state index < -0.39 is 11.8 Å². The van der Waals surface area contributed by atoms with E-state index in [4.69, 9.17) is 16.3 Å². The smallest absolute Gasteiger partial charge is 0.341 e. The number of hydrogen-bond acceptors (Lipinski definition) is 3. The van der Waals surface area contributed by atoms with Crippen LogP contribution >= 0.6 is 11.6 Å². The number of halogens is 2. The van der Waals surface area contributed by atoms with Crippen molar-refractivity contribution >= 4 is 23.5 Å². The van der Waals surface area contributed by atoms with E-state index in [1.807, 2.05) is 4.90 Å². The number of ether oxygens (including phenoxy) is 1. The number of nitrogens with zero attached hydrogens (tertiary/aromatic N) is 1. The summed E-state index contributed by atoms with van der Waals surface area (Å²) in [5, 5.41) is 0.262. The van der Waals surface area contributed by atoms with Crippen LogP contribution in [0, 0.1) is 5.82 Å². The number of hydrogen-bond donors (Lipinski definition) is 0. The van der Waals surface area contributed by atoms with Gasteiger partial charge in [0.15, 0.2) is 0 Å². The summed E-state index contributed by atoms with van der Waals surface area (Å²) in [4.78, 5) is 26.1. The van der Waals surface area contributed by atoms with Gasteiger partial charge in [-0.3, -0.25) is 4.79 Å². The molecule has 130 valence electrons. The molecule has 0 saturated carbocycles. The predicted octanol–water partition coefficient (Wildman–Crippen LogP) is 4.07. The maximum absolute atomic E-state index is 13.6. The maximum atomic E-state index is 13.6. The molecule has 2 aromatic rings. The van der Waals surface area contributed by atoms with Gasteiger partial charge in [-0.05, 0) is 48.7 Å². The molecule has 4 nitrogen and oxygen atoms in total. The SMILES string of the molecule is O=C(OCc1ccc(C(=O)N2CCCC2)cc1)c1cc(Cl)ccc1F. The lowest BCUT2D eigenvalue weighted by Gasteiger charge is -2.15. The van der Waals surface area contributed by atoms with Crippen LogP contribution in [0.15, 0.2) is 42.5 Å². The van der Waals surface area contributed by atoms with Crippen molar-refractivity contribution in [3.8, 4) is 0 Å². The summed E-state index contributed by atoms with van der Waals surface area (Å²) < 4.78 is 18.8. The third-order valence-corrected chi connectivity index (χ3v) is 4.35. The molecule has 0 aliphatic carbocycles. The Kier molecular flexibility index (Phi) is 5.34. The molecule has 0 unspecified atom stereocenters. The summed E-state index contributed by atoms with van der Waals surface area (Å²) >= 11 is 5.77. The molecule has 0 bridgehead atoms. The molecular weight excluding hydrogens is 345 g/mol. The quantitative estimate of drug-likeness (QED) is 0.771. The fourth-order valence-corrected chi connectivity index (χ4v) is 2.90. The number of carbonyl (C=O) groups is 2. The molecular formula is C19H17ClFNO3. The summed E-state index contributed by atoms with van der Waals surface area (Å²) in [5.41, 5.74) is 1.12. The van der Waals surface area contributed by atoms with Crippen molar-refractivity contribution in [2.45, 2.75) is 19.4 Å². The highest BCUT2D eigenvalue weighted by Gasteiger charge is 2.19. The van der Waals surface area contributed by atoms with Crippen molar-refractivity contribution in [3.05, 3.63) is 70.0 Å². The topological polar surface area (TPSA) is 46.6 Å². The van der Waals surface area contributed by atoms with Crippen LogP contribution in [-0.2, 0) is 11.3 Å². The summed E-state index contributed by atoms with van der Waals surface area (Å²) in [6.45, 7) is 1.58. The zero-order valence-electron chi connectivity index (χ0n) is 13.5. The predicted molar refractivity (Wildman–Crippen MR) is 92.1 cm³/mol. The molecule has 0 atom stereocenters. The molecule has 25 heavy (non-hydrogen) atoms. The van der Waals surface area contributed by atoms with Gasteiger partial charge in [0.2, 0.25) is 0 Å². The van der Waals surface area contributed by atoms with Gasteiger partial charge >= 0.3 is 5.97 Å². The van der Waals surface area contributed by atoms with Crippen LogP contribution in [-0.4, -0.2) is 29.9 Å². The van der Waals surface area contributed by atoms with E-state index in [2.05, 4.69) is 0 Å². The lowest BCUT2D eigenvalue weighted by molar-refractivity contribution is 0.0467. The third kappa shape index (κ3) is 4.17. The summed E-state index contributed by atoms with van der Waals surface area (Å²) in [7, 11) is 0. The van der Waals surface area contributed by atoms with Crippen molar-refractivity contribution in [2.24, 2.45) is 0 Å². The summed E-state index contributed by atoms with van der Waals surface area (Å²) in [6.07, 6.45) is 2.08. The zero-order valence-corrected chi connectivity index (χ0v) is 14.3. The van der Waals surface area contributed by atoms with E-state index in [0.717, 1.165) is 32.0 Å². The van der Waals surface area contributed by atoms with Crippen molar-refractivity contribution in [1.82, 2.24) is 4.90 Å². The van der Waals surface area contributed by atoms with E-state index in [0.29, 0.717) is 11.1 Å². The molecule has 1 saturated heterocycles. The molecule has 0 aromatic heterocycles. The van der Waals surface area contributed by atoms with Crippen LogP contribution in [0.25, 0.3) is 0 Å². The van der Waals surface area contributed by atoms with Gasteiger partial charge < -0.3 is 9.64 Å². The Labute approximate surface area is 150 Å². The number of esters is 1. The Bertz CT molecular complexity index is 786. The minimum absolute atomic E-state index is 0.0109. The van der Waals surface area contributed by atoms with Gasteiger partial charge in [-0.2, -0.15) is 0 Å². The third-order valence-electron chi connectivity index (χ3n) is 4.11. The van der Waals surface area contributed by atoms with Crippen molar-refractivity contribution in [1.29, 1.82) is 0 Å². The van der Waals surface area contributed by atoms with Crippen molar-refractivity contribution in [2.75, 3.05) is 13.1 Å². The minimum Gasteiger partial charge on any atom is -0.457 e. The average molecular weight is 362 g/mol. The largest absolute Gasteiger partial charge is 0.457 e. The number of likely N-dealkylation sites (tertiary alicyclic amines) is 1.